The Kier molecular flexibility index (Phi) is 5.84. The number of fused-ring (bicyclic) bond motifs is 1. The van der Waals surface area contributed by atoms with Gasteiger partial charge < -0.3 is 20.3 Å². The number of nitrogens with one attached hydrogen (secondary N) is 2. The average molecular weight is 319 g/mol. The summed E-state index contributed by atoms with van der Waals surface area (Å²) in [5, 5.41) is 5.59. The van der Waals surface area contributed by atoms with E-state index in [0.717, 1.165) is 18.5 Å². The van der Waals surface area contributed by atoms with Crippen LogP contribution < -0.4 is 20.3 Å². The first-order valence-electron chi connectivity index (χ1n) is 8.06. The summed E-state index contributed by atoms with van der Waals surface area (Å²) in [5.41, 5.74) is 0.839. The third-order valence-electron chi connectivity index (χ3n) is 3.86. The SMILES string of the molecule is CCC[C@@H](C)NC(=O)CN1C[C@H](C(=O)NC)Oc2ccccc21. The van der Waals surface area contributed by atoms with Crippen LogP contribution in [0.4, 0.5) is 5.69 Å². The molecule has 2 amide bonds. The predicted molar refractivity (Wildman–Crippen MR) is 89.7 cm³/mol. The maximum atomic E-state index is 12.3. The molecule has 0 radical (unpaired) electrons. The van der Waals surface area contributed by atoms with Crippen molar-refractivity contribution in [2.24, 2.45) is 0 Å². The van der Waals surface area contributed by atoms with Gasteiger partial charge in [-0.25, -0.2) is 0 Å². The van der Waals surface area contributed by atoms with Crippen molar-refractivity contribution in [3.05, 3.63) is 24.3 Å². The van der Waals surface area contributed by atoms with Crippen molar-refractivity contribution in [3.63, 3.8) is 0 Å². The molecule has 1 heterocycles. The number of benzene rings is 1. The molecule has 126 valence electrons. The van der Waals surface area contributed by atoms with Gasteiger partial charge >= 0.3 is 0 Å². The average Bonchev–Trinajstić information content (AvgIpc) is 2.54. The molecule has 6 nitrogen and oxygen atoms in total. The molecule has 23 heavy (non-hydrogen) atoms. The van der Waals surface area contributed by atoms with Crippen molar-refractivity contribution in [2.75, 3.05) is 25.0 Å². The number of rotatable bonds is 6. The Balaban J connectivity index is 2.10. The van der Waals surface area contributed by atoms with Crippen LogP contribution in [0.3, 0.4) is 0 Å². The van der Waals surface area contributed by atoms with E-state index in [2.05, 4.69) is 17.6 Å². The van der Waals surface area contributed by atoms with Gasteiger partial charge in [0.15, 0.2) is 6.10 Å². The second-order valence-electron chi connectivity index (χ2n) is 5.83. The topological polar surface area (TPSA) is 70.7 Å². The third-order valence-corrected chi connectivity index (χ3v) is 3.86. The van der Waals surface area contributed by atoms with E-state index in [0.29, 0.717) is 12.3 Å². The van der Waals surface area contributed by atoms with Crippen LogP contribution in [-0.2, 0) is 9.59 Å². The fraction of sp³-hybridized carbons (Fsp3) is 0.529. The lowest BCUT2D eigenvalue weighted by atomic mass is 10.1. The summed E-state index contributed by atoms with van der Waals surface area (Å²) < 4.78 is 5.73. The summed E-state index contributed by atoms with van der Waals surface area (Å²) in [7, 11) is 1.58. The Morgan fingerprint density at radius 1 is 1.39 bits per heavy atom. The van der Waals surface area contributed by atoms with Crippen LogP contribution in [0.5, 0.6) is 5.75 Å². The van der Waals surface area contributed by atoms with Crippen molar-refractivity contribution in [2.45, 2.75) is 38.8 Å². The Morgan fingerprint density at radius 2 is 2.13 bits per heavy atom. The van der Waals surface area contributed by atoms with Crippen LogP contribution >= 0.6 is 0 Å². The van der Waals surface area contributed by atoms with E-state index in [4.69, 9.17) is 4.74 Å². The van der Waals surface area contributed by atoms with E-state index in [9.17, 15) is 9.59 Å². The first-order valence-corrected chi connectivity index (χ1v) is 8.06. The smallest absolute Gasteiger partial charge is 0.262 e. The molecule has 0 spiro atoms. The summed E-state index contributed by atoms with van der Waals surface area (Å²) in [6.45, 7) is 4.66. The number of nitrogens with zero attached hydrogens (tertiary/aromatic N) is 1. The molecule has 2 atom stereocenters. The molecule has 2 N–H and O–H groups in total. The van der Waals surface area contributed by atoms with Gasteiger partial charge in [-0.15, -0.1) is 0 Å². The summed E-state index contributed by atoms with van der Waals surface area (Å²) >= 11 is 0. The lowest BCUT2D eigenvalue weighted by Crippen LogP contribution is -2.51. The lowest BCUT2D eigenvalue weighted by Gasteiger charge is -2.35. The number of carbonyl (C=O) groups excluding carboxylic acids is 2. The van der Waals surface area contributed by atoms with Crippen molar-refractivity contribution in [3.8, 4) is 5.75 Å². The van der Waals surface area contributed by atoms with Gasteiger partial charge in [0.2, 0.25) is 5.91 Å². The molecule has 0 aromatic heterocycles. The number of para-hydroxylation sites is 2. The van der Waals surface area contributed by atoms with E-state index in [1.807, 2.05) is 36.1 Å². The van der Waals surface area contributed by atoms with E-state index in [1.54, 1.807) is 7.05 Å². The third kappa shape index (κ3) is 4.37. The highest BCUT2D eigenvalue weighted by atomic mass is 16.5. The molecule has 2 rings (SSSR count). The van der Waals surface area contributed by atoms with Gasteiger partial charge in [0.05, 0.1) is 18.8 Å². The van der Waals surface area contributed by atoms with E-state index < -0.39 is 6.10 Å². The molecule has 1 aliphatic rings. The molecule has 0 saturated heterocycles. The zero-order chi connectivity index (χ0) is 16.8. The van der Waals surface area contributed by atoms with Crippen LogP contribution in [0.2, 0.25) is 0 Å². The van der Waals surface area contributed by atoms with Gasteiger partial charge in [-0.2, -0.15) is 0 Å². The number of anilines is 1. The number of likely N-dealkylation sites (N-methyl/N-ethyl adjacent to an activating group) is 1. The first kappa shape index (κ1) is 17.1. The number of ether oxygens (including phenoxy) is 1. The molecule has 0 saturated carbocycles. The first-order chi connectivity index (χ1) is 11.0. The Morgan fingerprint density at radius 3 is 2.83 bits per heavy atom. The number of carbonyl (C=O) groups is 2. The number of amides is 2. The standard InChI is InChI=1S/C17H25N3O3/c1-4-7-12(2)19-16(21)11-20-10-15(17(22)18-3)23-14-9-6-5-8-13(14)20/h5-6,8-9,12,15H,4,7,10-11H2,1-3H3,(H,18,22)(H,19,21)/t12-,15-/m1/s1. The Labute approximate surface area is 137 Å². The minimum absolute atomic E-state index is 0.0432. The fourth-order valence-corrected chi connectivity index (χ4v) is 2.75. The largest absolute Gasteiger partial charge is 0.477 e. The maximum absolute atomic E-state index is 12.3. The summed E-state index contributed by atoms with van der Waals surface area (Å²) in [4.78, 5) is 26.1. The molecular formula is C17H25N3O3. The highest BCUT2D eigenvalue weighted by molar-refractivity contribution is 5.86. The molecule has 1 aromatic carbocycles. The zero-order valence-corrected chi connectivity index (χ0v) is 14.0. The predicted octanol–water partition coefficient (Wildman–Crippen LogP) is 1.30. The molecule has 1 aromatic rings. The zero-order valence-electron chi connectivity index (χ0n) is 14.0. The van der Waals surface area contributed by atoms with Crippen LogP contribution in [0.25, 0.3) is 0 Å². The van der Waals surface area contributed by atoms with Gasteiger partial charge in [-0.3, -0.25) is 9.59 Å². The van der Waals surface area contributed by atoms with Crippen LogP contribution in [-0.4, -0.2) is 44.1 Å². The fourth-order valence-electron chi connectivity index (χ4n) is 2.75. The van der Waals surface area contributed by atoms with E-state index in [-0.39, 0.29) is 24.4 Å². The minimum atomic E-state index is -0.615. The van der Waals surface area contributed by atoms with Crippen LogP contribution in [0.1, 0.15) is 26.7 Å². The quantitative estimate of drug-likeness (QED) is 0.829. The molecule has 6 heteroatoms. The Bertz CT molecular complexity index is 562. The second-order valence-corrected chi connectivity index (χ2v) is 5.83. The molecule has 0 bridgehead atoms. The van der Waals surface area contributed by atoms with Crippen molar-refractivity contribution >= 4 is 17.5 Å². The number of hydrogen-bond acceptors (Lipinski definition) is 4. The van der Waals surface area contributed by atoms with Crippen molar-refractivity contribution in [1.82, 2.24) is 10.6 Å². The normalized spacial score (nSPS) is 17.7. The highest BCUT2D eigenvalue weighted by Crippen LogP contribution is 2.32. The molecule has 1 aliphatic heterocycles. The maximum Gasteiger partial charge on any atom is 0.262 e. The van der Waals surface area contributed by atoms with E-state index >= 15 is 0 Å². The summed E-state index contributed by atoms with van der Waals surface area (Å²) in [6, 6.07) is 7.62. The molecule has 0 fully saturated rings. The van der Waals surface area contributed by atoms with Crippen LogP contribution in [0, 0.1) is 0 Å². The van der Waals surface area contributed by atoms with Gasteiger partial charge in [0.25, 0.3) is 5.91 Å². The second kappa shape index (κ2) is 7.85. The van der Waals surface area contributed by atoms with Crippen LogP contribution in [0.15, 0.2) is 24.3 Å². The van der Waals surface area contributed by atoms with Gasteiger partial charge in [0, 0.05) is 13.1 Å². The molecular weight excluding hydrogens is 294 g/mol. The summed E-state index contributed by atoms with van der Waals surface area (Å²) in [6.07, 6.45) is 1.36. The summed E-state index contributed by atoms with van der Waals surface area (Å²) in [5.74, 6) is 0.393. The van der Waals surface area contributed by atoms with Gasteiger partial charge in [0.1, 0.15) is 5.75 Å². The van der Waals surface area contributed by atoms with Gasteiger partial charge in [-0.05, 0) is 25.5 Å². The lowest BCUT2D eigenvalue weighted by molar-refractivity contribution is -0.127. The highest BCUT2D eigenvalue weighted by Gasteiger charge is 2.31. The monoisotopic (exact) mass is 319 g/mol. The van der Waals surface area contributed by atoms with Gasteiger partial charge in [-0.1, -0.05) is 25.5 Å². The minimum Gasteiger partial charge on any atom is -0.477 e. The number of hydrogen-bond donors (Lipinski definition) is 2. The van der Waals surface area contributed by atoms with E-state index in [1.165, 1.54) is 0 Å². The Hall–Kier alpha value is -2.24. The van der Waals surface area contributed by atoms with Crippen molar-refractivity contribution < 1.29 is 14.3 Å². The van der Waals surface area contributed by atoms with Crippen molar-refractivity contribution in [1.29, 1.82) is 0 Å². The molecule has 0 unspecified atom stereocenters. The molecule has 0 aliphatic carbocycles.